The molecule has 4 rings (SSSR count). The number of benzene rings is 2. The zero-order valence-electron chi connectivity index (χ0n) is 22.2. The molecule has 7 heteroatoms. The van der Waals surface area contributed by atoms with Gasteiger partial charge < -0.3 is 24.3 Å². The average molecular weight is 506 g/mol. The molecule has 2 aromatic carbocycles. The number of ether oxygens (including phenoxy) is 4. The molecule has 2 atom stereocenters. The van der Waals surface area contributed by atoms with Gasteiger partial charge in [0, 0.05) is 35.9 Å². The fraction of sp³-hybridized carbons (Fsp3) is 0.400. The molecule has 196 valence electrons. The van der Waals surface area contributed by atoms with E-state index in [1.54, 1.807) is 14.2 Å². The maximum atomic E-state index is 13.8. The molecule has 0 radical (unpaired) electrons. The Morgan fingerprint density at radius 2 is 1.76 bits per heavy atom. The normalized spacial score (nSPS) is 19.3. The summed E-state index contributed by atoms with van der Waals surface area (Å²) in [5, 5.41) is 3.40. The van der Waals surface area contributed by atoms with Crippen molar-refractivity contribution < 1.29 is 28.5 Å². The van der Waals surface area contributed by atoms with Crippen molar-refractivity contribution in [2.24, 2.45) is 0 Å². The first-order valence-corrected chi connectivity index (χ1v) is 12.6. The summed E-state index contributed by atoms with van der Waals surface area (Å²) in [7, 11) is 3.21. The third kappa shape index (κ3) is 5.57. The van der Waals surface area contributed by atoms with E-state index in [9.17, 15) is 9.59 Å². The maximum absolute atomic E-state index is 13.8. The second kappa shape index (κ2) is 11.6. The minimum absolute atomic E-state index is 0.0205. The molecule has 0 fully saturated rings. The van der Waals surface area contributed by atoms with Crippen LogP contribution in [0.2, 0.25) is 0 Å². The minimum Gasteiger partial charge on any atom is -0.493 e. The lowest BCUT2D eigenvalue weighted by Crippen LogP contribution is -2.36. The Balaban J connectivity index is 1.71. The Labute approximate surface area is 218 Å². The van der Waals surface area contributed by atoms with Crippen molar-refractivity contribution in [3.8, 4) is 11.5 Å². The van der Waals surface area contributed by atoms with Crippen LogP contribution in [0.3, 0.4) is 0 Å². The van der Waals surface area contributed by atoms with Crippen LogP contribution in [0.1, 0.15) is 55.2 Å². The molecule has 2 aromatic rings. The number of allylic oxidation sites excluding steroid dienone is 3. The number of dihydropyridines is 1. The number of esters is 1. The second-order valence-corrected chi connectivity index (χ2v) is 9.38. The molecule has 1 N–H and O–H groups in total. The van der Waals surface area contributed by atoms with Gasteiger partial charge in [-0.3, -0.25) is 4.79 Å². The minimum atomic E-state index is -0.491. The van der Waals surface area contributed by atoms with Gasteiger partial charge in [-0.15, -0.1) is 0 Å². The van der Waals surface area contributed by atoms with Crippen molar-refractivity contribution in [3.05, 3.63) is 81.7 Å². The molecule has 0 spiro atoms. The average Bonchev–Trinajstić information content (AvgIpc) is 2.89. The quantitative estimate of drug-likeness (QED) is 0.381. The van der Waals surface area contributed by atoms with Gasteiger partial charge in [-0.25, -0.2) is 4.79 Å². The summed E-state index contributed by atoms with van der Waals surface area (Å²) in [5.74, 6) is 0.355. The summed E-state index contributed by atoms with van der Waals surface area (Å²) in [6.45, 7) is 6.81. The van der Waals surface area contributed by atoms with Crippen LogP contribution in [0.5, 0.6) is 11.5 Å². The third-order valence-corrected chi connectivity index (χ3v) is 6.97. The largest absolute Gasteiger partial charge is 0.493 e. The van der Waals surface area contributed by atoms with Crippen molar-refractivity contribution in [1.29, 1.82) is 0 Å². The van der Waals surface area contributed by atoms with Crippen molar-refractivity contribution in [2.45, 2.75) is 45.4 Å². The molecule has 1 aliphatic heterocycles. The van der Waals surface area contributed by atoms with E-state index in [2.05, 4.69) is 5.32 Å². The number of carbonyl (C=O) groups excluding carboxylic acids is 2. The molecule has 37 heavy (non-hydrogen) atoms. The maximum Gasteiger partial charge on any atom is 0.336 e. The Kier molecular flexibility index (Phi) is 8.34. The lowest BCUT2D eigenvalue weighted by molar-refractivity contribution is -0.140. The number of hydrogen-bond acceptors (Lipinski definition) is 7. The Bertz CT molecular complexity index is 1240. The molecule has 0 saturated heterocycles. The van der Waals surface area contributed by atoms with E-state index in [-0.39, 0.29) is 18.3 Å². The van der Waals surface area contributed by atoms with Crippen LogP contribution < -0.4 is 14.8 Å². The summed E-state index contributed by atoms with van der Waals surface area (Å²) in [4.78, 5) is 27.1. The van der Waals surface area contributed by atoms with Gasteiger partial charge in [0.25, 0.3) is 0 Å². The van der Waals surface area contributed by atoms with Crippen LogP contribution >= 0.6 is 0 Å². The van der Waals surface area contributed by atoms with Crippen LogP contribution in [0.4, 0.5) is 0 Å². The molecule has 1 heterocycles. The topological polar surface area (TPSA) is 83.1 Å². The van der Waals surface area contributed by atoms with E-state index in [1.165, 1.54) is 0 Å². The van der Waals surface area contributed by atoms with E-state index in [0.29, 0.717) is 54.4 Å². The SMILES string of the molecule is CCOCCOC(=O)C1=C(C)NC2=C(C(=O)C[C@H](c3ccc(OC)c(OC)c3)C2)[C@H]1c1cccc(C)c1. The fourth-order valence-corrected chi connectivity index (χ4v) is 5.25. The molecule has 0 aromatic heterocycles. The first-order chi connectivity index (χ1) is 17.9. The lowest BCUT2D eigenvalue weighted by atomic mass is 9.71. The predicted molar refractivity (Wildman–Crippen MR) is 141 cm³/mol. The number of Topliss-reactive ketones (excluding diaryl/α,β-unsaturated/α-hetero) is 1. The van der Waals surface area contributed by atoms with E-state index in [1.807, 2.05) is 63.2 Å². The molecule has 0 saturated carbocycles. The Morgan fingerprint density at radius 1 is 0.973 bits per heavy atom. The van der Waals surface area contributed by atoms with Crippen molar-refractivity contribution in [2.75, 3.05) is 34.0 Å². The highest BCUT2D eigenvalue weighted by molar-refractivity contribution is 6.04. The van der Waals surface area contributed by atoms with Crippen LogP contribution in [0, 0.1) is 6.92 Å². The molecule has 0 unspecified atom stereocenters. The zero-order valence-corrected chi connectivity index (χ0v) is 22.2. The number of ketones is 1. The lowest BCUT2D eigenvalue weighted by Gasteiger charge is -2.37. The van der Waals surface area contributed by atoms with E-state index in [0.717, 1.165) is 22.4 Å². The molecular formula is C30H35NO6. The van der Waals surface area contributed by atoms with Gasteiger partial charge >= 0.3 is 5.97 Å². The van der Waals surface area contributed by atoms with Gasteiger partial charge in [-0.1, -0.05) is 35.9 Å². The number of aryl methyl sites for hydroxylation is 1. The first kappa shape index (κ1) is 26.5. The molecule has 2 aliphatic rings. The van der Waals surface area contributed by atoms with Gasteiger partial charge in [0.2, 0.25) is 0 Å². The standard InChI is InChI=1S/C30H35NO6/c1-6-36-12-13-37-30(33)27-19(3)31-23-15-22(20-10-11-25(34-4)26(17-20)35-5)16-24(32)29(23)28(27)21-9-7-8-18(2)14-21/h7-11,14,17,22,28,31H,6,12-13,15-16H2,1-5H3/t22-,28+/m1/s1. The van der Waals surface area contributed by atoms with Gasteiger partial charge in [0.05, 0.1) is 26.4 Å². The number of hydrogen-bond donors (Lipinski definition) is 1. The summed E-state index contributed by atoms with van der Waals surface area (Å²) < 4.78 is 21.8. The van der Waals surface area contributed by atoms with Crippen LogP contribution in [0.15, 0.2) is 65.0 Å². The predicted octanol–water partition coefficient (Wildman–Crippen LogP) is 4.95. The van der Waals surface area contributed by atoms with Crippen LogP contribution in [-0.4, -0.2) is 45.8 Å². The van der Waals surface area contributed by atoms with Crippen molar-refractivity contribution in [1.82, 2.24) is 5.32 Å². The highest BCUT2D eigenvalue weighted by atomic mass is 16.6. The number of nitrogens with one attached hydrogen (secondary N) is 1. The monoisotopic (exact) mass is 505 g/mol. The summed E-state index contributed by atoms with van der Waals surface area (Å²) in [5.41, 5.74) is 5.64. The summed E-state index contributed by atoms with van der Waals surface area (Å²) in [6.07, 6.45) is 0.979. The summed E-state index contributed by atoms with van der Waals surface area (Å²) >= 11 is 0. The fourth-order valence-electron chi connectivity index (χ4n) is 5.25. The first-order valence-electron chi connectivity index (χ1n) is 12.6. The van der Waals surface area contributed by atoms with Crippen LogP contribution in [0.25, 0.3) is 0 Å². The molecular weight excluding hydrogens is 470 g/mol. The van der Waals surface area contributed by atoms with Crippen molar-refractivity contribution in [3.63, 3.8) is 0 Å². The Morgan fingerprint density at radius 3 is 2.46 bits per heavy atom. The van der Waals surface area contributed by atoms with Gasteiger partial charge in [-0.05, 0) is 56.4 Å². The van der Waals surface area contributed by atoms with Gasteiger partial charge in [-0.2, -0.15) is 0 Å². The molecule has 0 amide bonds. The van der Waals surface area contributed by atoms with E-state index in [4.69, 9.17) is 18.9 Å². The van der Waals surface area contributed by atoms with E-state index < -0.39 is 11.9 Å². The molecule has 7 nitrogen and oxygen atoms in total. The molecule has 1 aliphatic carbocycles. The Hall–Kier alpha value is -3.58. The second-order valence-electron chi connectivity index (χ2n) is 9.38. The van der Waals surface area contributed by atoms with Crippen molar-refractivity contribution >= 4 is 11.8 Å². The van der Waals surface area contributed by atoms with Gasteiger partial charge in [0.15, 0.2) is 17.3 Å². The summed E-state index contributed by atoms with van der Waals surface area (Å²) in [6, 6.07) is 13.8. The highest BCUT2D eigenvalue weighted by Gasteiger charge is 2.41. The number of carbonyl (C=O) groups is 2. The number of methoxy groups -OCH3 is 2. The zero-order chi connectivity index (χ0) is 26.5. The molecule has 0 bridgehead atoms. The number of rotatable bonds is 9. The third-order valence-electron chi connectivity index (χ3n) is 6.97. The smallest absolute Gasteiger partial charge is 0.336 e. The van der Waals surface area contributed by atoms with Gasteiger partial charge in [0.1, 0.15) is 6.61 Å². The highest BCUT2D eigenvalue weighted by Crippen LogP contribution is 2.46. The van der Waals surface area contributed by atoms with Crippen LogP contribution in [-0.2, 0) is 19.1 Å². The van der Waals surface area contributed by atoms with E-state index >= 15 is 0 Å².